The van der Waals surface area contributed by atoms with E-state index in [2.05, 4.69) is 3.97 Å². The van der Waals surface area contributed by atoms with Crippen molar-refractivity contribution in [1.29, 1.82) is 0 Å². The van der Waals surface area contributed by atoms with Gasteiger partial charge in [0.1, 0.15) is 0 Å². The Balaban J connectivity index is -0.000000320. The summed E-state index contributed by atoms with van der Waals surface area (Å²) in [5.74, 6) is 0. The Morgan fingerprint density at radius 3 is 1.55 bits per heavy atom. The molecule has 0 bridgehead atoms. The summed E-state index contributed by atoms with van der Waals surface area (Å²) in [6, 6.07) is 0. The first-order valence-corrected chi connectivity index (χ1v) is 4.34. The van der Waals surface area contributed by atoms with Crippen LogP contribution in [0.3, 0.4) is 0 Å². The Morgan fingerprint density at radius 1 is 1.27 bits per heavy atom. The van der Waals surface area contributed by atoms with E-state index < -0.39 is 18.2 Å². The summed E-state index contributed by atoms with van der Waals surface area (Å²) < 4.78 is 39.0. The standard InChI is InChI=1S/K.Na.H3O7PS.2H/c;;1-8(2,3)7-9(4,5)6;;/h;;(H2,1,2,3)(H,4,5,6);;. The van der Waals surface area contributed by atoms with Crippen molar-refractivity contribution >= 4 is 99.2 Å². The molecule has 7 nitrogen and oxygen atoms in total. The Labute approximate surface area is 128 Å². The maximum absolute atomic E-state index is 9.58. The molecule has 0 aromatic carbocycles. The van der Waals surface area contributed by atoms with Crippen molar-refractivity contribution in [2.75, 3.05) is 0 Å². The van der Waals surface area contributed by atoms with Gasteiger partial charge in [0.25, 0.3) is 0 Å². The van der Waals surface area contributed by atoms with Gasteiger partial charge in [-0.2, -0.15) is 8.42 Å². The molecule has 0 spiro atoms. The molecule has 0 aliphatic carbocycles. The number of hydrogen-bond donors (Lipinski definition) is 3. The van der Waals surface area contributed by atoms with Crippen LogP contribution in [0.1, 0.15) is 0 Å². The average molecular weight is 242 g/mol. The van der Waals surface area contributed by atoms with Crippen molar-refractivity contribution in [1.82, 2.24) is 0 Å². The quantitative estimate of drug-likeness (QED) is 0.280. The van der Waals surface area contributed by atoms with E-state index in [1.807, 2.05) is 0 Å². The molecule has 11 heteroatoms. The van der Waals surface area contributed by atoms with Gasteiger partial charge in [0.05, 0.1) is 0 Å². The van der Waals surface area contributed by atoms with Crippen LogP contribution in [-0.4, -0.2) is 104 Å². The summed E-state index contributed by atoms with van der Waals surface area (Å²) in [6.45, 7) is 0. The summed E-state index contributed by atoms with van der Waals surface area (Å²) in [5, 5.41) is 0. The van der Waals surface area contributed by atoms with Crippen molar-refractivity contribution in [2.45, 2.75) is 0 Å². The second-order valence-electron chi connectivity index (χ2n) is 0.993. The molecular formula is H5KNaO7PS. The predicted molar refractivity (Wildman–Crippen MR) is 39.0 cm³/mol. The molecule has 0 aliphatic heterocycles. The van der Waals surface area contributed by atoms with Crippen LogP contribution < -0.4 is 0 Å². The van der Waals surface area contributed by atoms with E-state index in [1.54, 1.807) is 0 Å². The van der Waals surface area contributed by atoms with Crippen molar-refractivity contribution in [3.05, 3.63) is 0 Å². The van der Waals surface area contributed by atoms with Gasteiger partial charge in [-0.05, 0) is 0 Å². The fourth-order valence-corrected chi connectivity index (χ4v) is 1.10. The molecule has 0 aliphatic rings. The van der Waals surface area contributed by atoms with Gasteiger partial charge < -0.3 is 9.79 Å². The third-order valence-electron chi connectivity index (χ3n) is 0.191. The zero-order chi connectivity index (χ0) is 7.71. The van der Waals surface area contributed by atoms with Gasteiger partial charge in [-0.1, -0.05) is 0 Å². The van der Waals surface area contributed by atoms with Gasteiger partial charge >= 0.3 is 99.2 Å². The van der Waals surface area contributed by atoms with Gasteiger partial charge in [-0.15, -0.1) is 3.97 Å². The van der Waals surface area contributed by atoms with E-state index in [1.165, 1.54) is 0 Å². The Morgan fingerprint density at radius 2 is 1.55 bits per heavy atom. The van der Waals surface area contributed by atoms with Gasteiger partial charge in [0, 0.05) is 0 Å². The summed E-state index contributed by atoms with van der Waals surface area (Å²) in [5.41, 5.74) is 0. The molecule has 3 N–H and O–H groups in total. The number of hydrogen-bond acceptors (Lipinski definition) is 4. The molecular weight excluding hydrogens is 237 g/mol. The summed E-state index contributed by atoms with van der Waals surface area (Å²) in [4.78, 5) is 15.4. The molecule has 0 fully saturated rings. The summed E-state index contributed by atoms with van der Waals surface area (Å²) in [7, 11) is -10.2. The third kappa shape index (κ3) is 19.2. The first-order valence-electron chi connectivity index (χ1n) is 1.45. The van der Waals surface area contributed by atoms with Crippen LogP contribution in [0.5, 0.6) is 0 Å². The molecule has 0 amide bonds. The van der Waals surface area contributed by atoms with Crippen molar-refractivity contribution in [2.24, 2.45) is 0 Å². The SMILES string of the molecule is O=P(O)(O)OS(=O)(=O)O.[KH].[NaH]. The molecule has 11 heavy (non-hydrogen) atoms. The summed E-state index contributed by atoms with van der Waals surface area (Å²) >= 11 is 0. The van der Waals surface area contributed by atoms with Gasteiger partial charge in [0.2, 0.25) is 0 Å². The van der Waals surface area contributed by atoms with Gasteiger partial charge in [-0.25, -0.2) is 4.57 Å². The molecule has 60 valence electrons. The molecule has 0 aromatic rings. The maximum atomic E-state index is 9.58. The monoisotopic (exact) mass is 242 g/mol. The molecule has 0 radical (unpaired) electrons. The number of rotatable bonds is 2. The van der Waals surface area contributed by atoms with Crippen LogP contribution in [0.15, 0.2) is 0 Å². The van der Waals surface area contributed by atoms with E-state index >= 15 is 0 Å². The molecule has 0 aromatic heterocycles. The topological polar surface area (TPSA) is 121 Å². The van der Waals surface area contributed by atoms with E-state index in [4.69, 9.17) is 14.3 Å². The second-order valence-corrected chi connectivity index (χ2v) is 3.43. The van der Waals surface area contributed by atoms with E-state index in [9.17, 15) is 13.0 Å². The normalized spacial score (nSPS) is 11.2. The Bertz CT molecular complexity index is 225. The molecule has 0 atom stereocenters. The van der Waals surface area contributed by atoms with Crippen molar-refractivity contribution < 1.29 is 31.3 Å². The zero-order valence-corrected chi connectivity index (χ0v) is 5.54. The third-order valence-corrected chi connectivity index (χ3v) is 1.72. The van der Waals surface area contributed by atoms with Crippen LogP contribution in [-0.2, 0) is 18.9 Å². The van der Waals surface area contributed by atoms with Gasteiger partial charge in [0.15, 0.2) is 0 Å². The Kier molecular flexibility index (Phi) is 12.3. The molecule has 0 rings (SSSR count). The first-order chi connectivity index (χ1) is 3.71. The molecule has 0 saturated heterocycles. The first kappa shape index (κ1) is 19.3. The number of phosphoric acid groups is 1. The zero-order valence-electron chi connectivity index (χ0n) is 3.83. The predicted octanol–water partition coefficient (Wildman–Crippen LogP) is -2.40. The molecule has 0 unspecified atom stereocenters. The van der Waals surface area contributed by atoms with Gasteiger partial charge in [-0.3, -0.25) is 4.55 Å². The molecule has 0 heterocycles. The van der Waals surface area contributed by atoms with Crippen LogP contribution in [0.25, 0.3) is 0 Å². The van der Waals surface area contributed by atoms with Crippen LogP contribution in [0.2, 0.25) is 0 Å². The van der Waals surface area contributed by atoms with Crippen LogP contribution >= 0.6 is 7.82 Å². The fraction of sp³-hybridized carbons (Fsp3) is 0. The summed E-state index contributed by atoms with van der Waals surface area (Å²) in [6.07, 6.45) is 0. The minimum absolute atomic E-state index is 0. The fourth-order valence-electron chi connectivity index (χ4n) is 0.123. The minimum atomic E-state index is -5.13. The average Bonchev–Trinajstić information content (AvgIpc) is 1.14. The van der Waals surface area contributed by atoms with Crippen molar-refractivity contribution in [3.8, 4) is 0 Å². The van der Waals surface area contributed by atoms with E-state index in [0.717, 1.165) is 0 Å². The second kappa shape index (κ2) is 7.02. The van der Waals surface area contributed by atoms with E-state index in [-0.39, 0.29) is 80.9 Å². The van der Waals surface area contributed by atoms with Crippen LogP contribution in [0, 0.1) is 0 Å². The van der Waals surface area contributed by atoms with E-state index in [0.29, 0.717) is 0 Å². The van der Waals surface area contributed by atoms with Crippen LogP contribution in [0.4, 0.5) is 0 Å². The van der Waals surface area contributed by atoms with Crippen molar-refractivity contribution in [3.63, 3.8) is 0 Å². The Hall–Kier alpha value is 2.66. The molecule has 0 saturated carbocycles.